The van der Waals surface area contributed by atoms with Crippen molar-refractivity contribution in [1.29, 1.82) is 0 Å². The fourth-order valence-corrected chi connectivity index (χ4v) is 2.30. The van der Waals surface area contributed by atoms with Crippen LogP contribution in [0, 0.1) is 0 Å². The molecule has 1 heterocycles. The van der Waals surface area contributed by atoms with E-state index in [-0.39, 0.29) is 6.04 Å². The molecule has 0 saturated heterocycles. The van der Waals surface area contributed by atoms with Crippen molar-refractivity contribution in [1.82, 2.24) is 14.5 Å². The summed E-state index contributed by atoms with van der Waals surface area (Å²) in [4.78, 5) is 6.62. The van der Waals surface area contributed by atoms with E-state index in [0.29, 0.717) is 12.6 Å². The minimum absolute atomic E-state index is 0.270. The van der Waals surface area contributed by atoms with E-state index in [9.17, 15) is 0 Å². The smallest absolute Gasteiger partial charge is 0.0951 e. The molecule has 0 fully saturated rings. The van der Waals surface area contributed by atoms with Gasteiger partial charge < -0.3 is 10.3 Å². The molecule has 0 aromatic carbocycles. The minimum Gasteiger partial charge on any atom is -0.331 e. The first kappa shape index (κ1) is 15.2. The predicted octanol–water partition coefficient (Wildman–Crippen LogP) is 2.59. The van der Waals surface area contributed by atoms with E-state index >= 15 is 0 Å². The molecule has 0 amide bonds. The maximum absolute atomic E-state index is 5.96. The second-order valence-corrected chi connectivity index (χ2v) is 5.26. The van der Waals surface area contributed by atoms with Gasteiger partial charge in [-0.3, -0.25) is 4.90 Å². The second-order valence-electron chi connectivity index (χ2n) is 5.26. The highest BCUT2D eigenvalue weighted by Crippen LogP contribution is 2.21. The van der Waals surface area contributed by atoms with Gasteiger partial charge in [0, 0.05) is 18.8 Å². The normalized spacial score (nSPS) is 13.5. The summed E-state index contributed by atoms with van der Waals surface area (Å²) in [6, 6.07) is 0.701. The van der Waals surface area contributed by atoms with Crippen molar-refractivity contribution in [2.45, 2.75) is 52.1 Å². The third kappa shape index (κ3) is 3.82. The second kappa shape index (κ2) is 7.54. The standard InChI is InChI=1S/C14H28N4/c1-5-6-7-8-17(4)13(9-15)14-10-16-11-18(14)12(2)3/h10-13H,5-9,15H2,1-4H3. The van der Waals surface area contributed by atoms with Crippen molar-refractivity contribution in [2.24, 2.45) is 5.73 Å². The van der Waals surface area contributed by atoms with Gasteiger partial charge >= 0.3 is 0 Å². The van der Waals surface area contributed by atoms with Gasteiger partial charge in [-0.05, 0) is 33.9 Å². The third-order valence-corrected chi connectivity index (χ3v) is 3.46. The van der Waals surface area contributed by atoms with Crippen LogP contribution in [0.2, 0.25) is 0 Å². The summed E-state index contributed by atoms with van der Waals surface area (Å²) in [5.41, 5.74) is 7.18. The molecular weight excluding hydrogens is 224 g/mol. The first-order valence-electron chi connectivity index (χ1n) is 7.03. The monoisotopic (exact) mass is 252 g/mol. The topological polar surface area (TPSA) is 47.1 Å². The van der Waals surface area contributed by atoms with Crippen molar-refractivity contribution in [3.63, 3.8) is 0 Å². The number of hydrogen-bond donors (Lipinski definition) is 1. The number of aromatic nitrogens is 2. The third-order valence-electron chi connectivity index (χ3n) is 3.46. The van der Waals surface area contributed by atoms with Crippen molar-refractivity contribution >= 4 is 0 Å². The molecule has 4 heteroatoms. The highest BCUT2D eigenvalue weighted by molar-refractivity contribution is 5.07. The molecule has 104 valence electrons. The lowest BCUT2D eigenvalue weighted by Crippen LogP contribution is -2.33. The van der Waals surface area contributed by atoms with Crippen LogP contribution in [0.25, 0.3) is 0 Å². The number of imidazole rings is 1. The number of nitrogens with two attached hydrogens (primary N) is 1. The number of hydrogen-bond acceptors (Lipinski definition) is 3. The molecule has 1 aromatic heterocycles. The van der Waals surface area contributed by atoms with Gasteiger partial charge in [0.05, 0.1) is 18.1 Å². The number of rotatable bonds is 8. The largest absolute Gasteiger partial charge is 0.331 e. The van der Waals surface area contributed by atoms with Crippen molar-refractivity contribution in [3.05, 3.63) is 18.2 Å². The maximum Gasteiger partial charge on any atom is 0.0951 e. The predicted molar refractivity (Wildman–Crippen MR) is 76.6 cm³/mol. The molecule has 1 aromatic rings. The van der Waals surface area contributed by atoms with Crippen LogP contribution in [0.4, 0.5) is 0 Å². The summed E-state index contributed by atoms with van der Waals surface area (Å²) in [6.45, 7) is 8.32. The lowest BCUT2D eigenvalue weighted by molar-refractivity contribution is 0.234. The SMILES string of the molecule is CCCCCN(C)C(CN)c1cncn1C(C)C. The molecule has 1 rings (SSSR count). The Morgan fingerprint density at radius 3 is 2.67 bits per heavy atom. The molecule has 0 radical (unpaired) electrons. The fourth-order valence-electron chi connectivity index (χ4n) is 2.30. The number of likely N-dealkylation sites (N-methyl/N-ethyl adjacent to an activating group) is 1. The Hall–Kier alpha value is -0.870. The Labute approximate surface area is 111 Å². The van der Waals surface area contributed by atoms with Crippen LogP contribution in [0.15, 0.2) is 12.5 Å². The molecular formula is C14H28N4. The molecule has 1 unspecified atom stereocenters. The molecule has 0 spiro atoms. The van der Waals surface area contributed by atoms with E-state index in [1.54, 1.807) is 0 Å². The quantitative estimate of drug-likeness (QED) is 0.723. The summed E-state index contributed by atoms with van der Waals surface area (Å²) in [5.74, 6) is 0. The summed E-state index contributed by atoms with van der Waals surface area (Å²) in [5, 5.41) is 0. The highest BCUT2D eigenvalue weighted by Gasteiger charge is 2.19. The van der Waals surface area contributed by atoms with Crippen molar-refractivity contribution in [3.8, 4) is 0 Å². The average Bonchev–Trinajstić information content (AvgIpc) is 2.79. The van der Waals surface area contributed by atoms with Gasteiger partial charge in [0.15, 0.2) is 0 Å². The summed E-state index contributed by atoms with van der Waals surface area (Å²) < 4.78 is 2.22. The van der Waals surface area contributed by atoms with Crippen LogP contribution in [-0.4, -0.2) is 34.6 Å². The molecule has 0 bridgehead atoms. The van der Waals surface area contributed by atoms with E-state index in [0.717, 1.165) is 6.54 Å². The Morgan fingerprint density at radius 1 is 1.39 bits per heavy atom. The zero-order chi connectivity index (χ0) is 13.5. The molecule has 0 aliphatic heterocycles. The first-order valence-corrected chi connectivity index (χ1v) is 7.03. The van der Waals surface area contributed by atoms with Crippen LogP contribution >= 0.6 is 0 Å². The van der Waals surface area contributed by atoms with Gasteiger partial charge in [0.1, 0.15) is 0 Å². The van der Waals surface area contributed by atoms with Crippen LogP contribution in [0.1, 0.15) is 57.8 Å². The molecule has 0 aliphatic rings. The van der Waals surface area contributed by atoms with E-state index in [4.69, 9.17) is 5.73 Å². The fraction of sp³-hybridized carbons (Fsp3) is 0.786. The average molecular weight is 252 g/mol. The van der Waals surface area contributed by atoms with Crippen LogP contribution in [0.3, 0.4) is 0 Å². The van der Waals surface area contributed by atoms with E-state index < -0.39 is 0 Å². The lowest BCUT2D eigenvalue weighted by Gasteiger charge is -2.28. The molecule has 1 atom stereocenters. The van der Waals surface area contributed by atoms with Gasteiger partial charge in [0.25, 0.3) is 0 Å². The Morgan fingerprint density at radius 2 is 2.11 bits per heavy atom. The number of nitrogens with zero attached hydrogens (tertiary/aromatic N) is 3. The van der Waals surface area contributed by atoms with Crippen molar-refractivity contribution in [2.75, 3.05) is 20.1 Å². The molecule has 18 heavy (non-hydrogen) atoms. The van der Waals surface area contributed by atoms with Gasteiger partial charge in [-0.1, -0.05) is 19.8 Å². The van der Waals surface area contributed by atoms with Crippen LogP contribution in [-0.2, 0) is 0 Å². The molecule has 4 nitrogen and oxygen atoms in total. The van der Waals surface area contributed by atoms with Crippen molar-refractivity contribution < 1.29 is 0 Å². The highest BCUT2D eigenvalue weighted by atomic mass is 15.2. The van der Waals surface area contributed by atoms with E-state index in [1.165, 1.54) is 25.0 Å². The minimum atomic E-state index is 0.270. The molecule has 2 N–H and O–H groups in total. The summed E-state index contributed by atoms with van der Waals surface area (Å²) in [6.07, 6.45) is 7.63. The molecule has 0 aliphatic carbocycles. The van der Waals surface area contributed by atoms with Gasteiger partial charge in [-0.15, -0.1) is 0 Å². The zero-order valence-corrected chi connectivity index (χ0v) is 12.3. The summed E-state index contributed by atoms with van der Waals surface area (Å²) in [7, 11) is 2.16. The van der Waals surface area contributed by atoms with Crippen LogP contribution < -0.4 is 5.73 Å². The summed E-state index contributed by atoms with van der Waals surface area (Å²) >= 11 is 0. The Balaban J connectivity index is 2.72. The maximum atomic E-state index is 5.96. The lowest BCUT2D eigenvalue weighted by atomic mass is 10.1. The Bertz CT molecular complexity index is 332. The van der Waals surface area contributed by atoms with E-state index in [1.807, 2.05) is 12.5 Å². The first-order chi connectivity index (χ1) is 8.61. The number of unbranched alkanes of at least 4 members (excludes halogenated alkanes) is 2. The van der Waals surface area contributed by atoms with E-state index in [2.05, 4.69) is 42.3 Å². The van der Waals surface area contributed by atoms with Crippen LogP contribution in [0.5, 0.6) is 0 Å². The zero-order valence-electron chi connectivity index (χ0n) is 12.3. The van der Waals surface area contributed by atoms with Gasteiger partial charge in [0.2, 0.25) is 0 Å². The molecule has 0 saturated carbocycles. The Kier molecular flexibility index (Phi) is 6.36. The van der Waals surface area contributed by atoms with Gasteiger partial charge in [-0.25, -0.2) is 4.98 Å². The van der Waals surface area contributed by atoms with Gasteiger partial charge in [-0.2, -0.15) is 0 Å².